The van der Waals surface area contributed by atoms with E-state index in [1.807, 2.05) is 0 Å². The molecule has 10 rings (SSSR count). The zero-order valence-electron chi connectivity index (χ0n) is 31.5. The van der Waals surface area contributed by atoms with E-state index in [9.17, 15) is 0 Å². The number of fused-ring (bicyclic) bond motifs is 2. The van der Waals surface area contributed by atoms with Gasteiger partial charge in [-0.1, -0.05) is 200 Å². The predicted molar refractivity (Wildman–Crippen MR) is 243 cm³/mol. The van der Waals surface area contributed by atoms with Crippen LogP contribution in [0.15, 0.2) is 237 Å². The Kier molecular flexibility index (Phi) is 8.95. The smallest absolute Gasteiger partial charge is 0.0540 e. The van der Waals surface area contributed by atoms with E-state index in [1.165, 1.54) is 71.6 Å². The zero-order chi connectivity index (χ0) is 38.0. The maximum Gasteiger partial charge on any atom is 0.0540 e. The molecule has 1 nitrogen and oxygen atoms in total. The fourth-order valence-corrected chi connectivity index (χ4v) is 8.30. The number of anilines is 3. The molecule has 0 bridgehead atoms. The van der Waals surface area contributed by atoms with E-state index in [0.717, 1.165) is 22.6 Å². The first-order chi connectivity index (χ1) is 28.3. The van der Waals surface area contributed by atoms with E-state index >= 15 is 0 Å². The Labute approximate surface area is 334 Å². The third kappa shape index (κ3) is 6.56. The van der Waals surface area contributed by atoms with Gasteiger partial charge in [0.25, 0.3) is 0 Å². The first kappa shape index (κ1) is 34.0. The molecule has 0 fully saturated rings. The highest BCUT2D eigenvalue weighted by molar-refractivity contribution is 5.99. The summed E-state index contributed by atoms with van der Waals surface area (Å²) in [7, 11) is 0. The summed E-state index contributed by atoms with van der Waals surface area (Å²) in [4.78, 5) is 2.41. The van der Waals surface area contributed by atoms with Crippen molar-refractivity contribution in [2.45, 2.75) is 0 Å². The van der Waals surface area contributed by atoms with Crippen LogP contribution in [0.25, 0.3) is 77.2 Å². The van der Waals surface area contributed by atoms with Crippen molar-refractivity contribution in [2.75, 3.05) is 4.90 Å². The normalized spacial score (nSPS) is 11.2. The second-order valence-corrected chi connectivity index (χ2v) is 14.5. The van der Waals surface area contributed by atoms with Crippen LogP contribution >= 0.6 is 0 Å². The number of para-hydroxylation sites is 1. The molecule has 268 valence electrons. The number of nitrogens with zero attached hydrogens (tertiary/aromatic N) is 1. The average molecular weight is 726 g/mol. The number of rotatable bonds is 8. The maximum absolute atomic E-state index is 2.41. The molecule has 0 heterocycles. The third-order valence-corrected chi connectivity index (χ3v) is 11.1. The molecule has 0 aliphatic carbocycles. The molecular formula is C56H39N. The van der Waals surface area contributed by atoms with Gasteiger partial charge in [0.05, 0.1) is 5.69 Å². The average Bonchev–Trinajstić information content (AvgIpc) is 3.30. The van der Waals surface area contributed by atoms with Crippen LogP contribution < -0.4 is 4.90 Å². The Morgan fingerprint density at radius 3 is 1.40 bits per heavy atom. The van der Waals surface area contributed by atoms with E-state index in [2.05, 4.69) is 241 Å². The minimum absolute atomic E-state index is 1.09. The maximum atomic E-state index is 2.41. The predicted octanol–water partition coefficient (Wildman–Crippen LogP) is 15.8. The minimum Gasteiger partial charge on any atom is -0.310 e. The number of benzene rings is 10. The van der Waals surface area contributed by atoms with E-state index in [1.54, 1.807) is 0 Å². The molecule has 57 heavy (non-hydrogen) atoms. The van der Waals surface area contributed by atoms with Crippen LogP contribution in [0, 0.1) is 0 Å². The van der Waals surface area contributed by atoms with Crippen LogP contribution in [-0.2, 0) is 0 Å². The summed E-state index contributed by atoms with van der Waals surface area (Å²) in [6.45, 7) is 0. The van der Waals surface area contributed by atoms with E-state index in [-0.39, 0.29) is 0 Å². The molecule has 0 spiro atoms. The molecule has 0 aromatic heterocycles. The second-order valence-electron chi connectivity index (χ2n) is 14.5. The van der Waals surface area contributed by atoms with Crippen molar-refractivity contribution in [3.63, 3.8) is 0 Å². The van der Waals surface area contributed by atoms with Crippen molar-refractivity contribution < 1.29 is 0 Å². The van der Waals surface area contributed by atoms with Crippen LogP contribution in [0.3, 0.4) is 0 Å². The Balaban J connectivity index is 1.12. The van der Waals surface area contributed by atoms with Gasteiger partial charge in [-0.2, -0.15) is 0 Å². The summed E-state index contributed by atoms with van der Waals surface area (Å²) in [6.07, 6.45) is 0. The topological polar surface area (TPSA) is 3.24 Å². The molecule has 0 saturated heterocycles. The summed E-state index contributed by atoms with van der Waals surface area (Å²) in [5.74, 6) is 0. The molecule has 0 aliphatic rings. The van der Waals surface area contributed by atoms with Crippen molar-refractivity contribution in [3.8, 4) is 55.6 Å². The molecular weight excluding hydrogens is 687 g/mol. The molecule has 0 N–H and O–H groups in total. The van der Waals surface area contributed by atoms with Crippen LogP contribution in [-0.4, -0.2) is 0 Å². The lowest BCUT2D eigenvalue weighted by molar-refractivity contribution is 1.28. The van der Waals surface area contributed by atoms with Crippen LogP contribution in [0.4, 0.5) is 17.1 Å². The van der Waals surface area contributed by atoms with Gasteiger partial charge in [0.2, 0.25) is 0 Å². The summed E-state index contributed by atoms with van der Waals surface area (Å²) in [5, 5.41) is 4.99. The van der Waals surface area contributed by atoms with E-state index in [4.69, 9.17) is 0 Å². The Morgan fingerprint density at radius 2 is 0.684 bits per heavy atom. The fraction of sp³-hybridized carbons (Fsp3) is 0. The molecule has 10 aromatic rings. The summed E-state index contributed by atoms with van der Waals surface area (Å²) < 4.78 is 0. The Morgan fingerprint density at radius 1 is 0.228 bits per heavy atom. The lowest BCUT2D eigenvalue weighted by Gasteiger charge is -2.29. The second kappa shape index (κ2) is 15.0. The first-order valence-electron chi connectivity index (χ1n) is 19.6. The Hall–Kier alpha value is -7.48. The lowest BCUT2D eigenvalue weighted by Crippen LogP contribution is -2.11. The summed E-state index contributed by atoms with van der Waals surface area (Å²) in [5.41, 5.74) is 15.3. The standard InChI is InChI=1S/C56H39N/c1-2-16-42(17-3-1)51-22-8-9-23-52(51)53-24-10-11-25-54(53)55-26-12-13-28-56(55)57(47-35-31-41(32-36-47)46-30-29-40-15-4-5-19-45(40)39-46)48-37-33-44(34-38-48)50-27-14-20-43-18-6-7-21-49(43)50/h1-39H. The monoisotopic (exact) mass is 725 g/mol. The van der Waals surface area contributed by atoms with Crippen LogP contribution in [0.2, 0.25) is 0 Å². The minimum atomic E-state index is 1.09. The van der Waals surface area contributed by atoms with Crippen LogP contribution in [0.5, 0.6) is 0 Å². The molecule has 0 aliphatic heterocycles. The molecule has 1 heteroatoms. The lowest BCUT2D eigenvalue weighted by atomic mass is 9.88. The van der Waals surface area contributed by atoms with Gasteiger partial charge in [0.15, 0.2) is 0 Å². The quantitative estimate of drug-likeness (QED) is 0.151. The van der Waals surface area contributed by atoms with Crippen molar-refractivity contribution in [3.05, 3.63) is 237 Å². The SMILES string of the molecule is c1ccc(-c2ccccc2-c2ccccc2-c2ccccc2N(c2ccc(-c3ccc4ccccc4c3)cc2)c2ccc(-c3cccc4ccccc34)cc2)cc1. The Bertz CT molecular complexity index is 2990. The molecule has 10 aromatic carbocycles. The largest absolute Gasteiger partial charge is 0.310 e. The number of hydrogen-bond donors (Lipinski definition) is 0. The number of hydrogen-bond acceptors (Lipinski definition) is 1. The highest BCUT2D eigenvalue weighted by atomic mass is 15.1. The van der Waals surface area contributed by atoms with Gasteiger partial charge in [-0.15, -0.1) is 0 Å². The van der Waals surface area contributed by atoms with Crippen LogP contribution in [0.1, 0.15) is 0 Å². The van der Waals surface area contributed by atoms with Gasteiger partial charge >= 0.3 is 0 Å². The zero-order valence-corrected chi connectivity index (χ0v) is 31.5. The van der Waals surface area contributed by atoms with Gasteiger partial charge in [0, 0.05) is 16.9 Å². The van der Waals surface area contributed by atoms with Gasteiger partial charge < -0.3 is 4.90 Å². The third-order valence-electron chi connectivity index (χ3n) is 11.1. The van der Waals surface area contributed by atoms with Crippen molar-refractivity contribution in [2.24, 2.45) is 0 Å². The summed E-state index contributed by atoms with van der Waals surface area (Å²) in [6, 6.07) is 85.7. The molecule has 0 unspecified atom stereocenters. The van der Waals surface area contributed by atoms with Crippen molar-refractivity contribution in [1.29, 1.82) is 0 Å². The highest BCUT2D eigenvalue weighted by Gasteiger charge is 2.20. The molecule has 0 saturated carbocycles. The van der Waals surface area contributed by atoms with Gasteiger partial charge in [-0.25, -0.2) is 0 Å². The van der Waals surface area contributed by atoms with Gasteiger partial charge in [-0.05, 0) is 108 Å². The molecule has 0 atom stereocenters. The van der Waals surface area contributed by atoms with Gasteiger partial charge in [-0.3, -0.25) is 0 Å². The van der Waals surface area contributed by atoms with Crippen molar-refractivity contribution >= 4 is 38.6 Å². The fourth-order valence-electron chi connectivity index (χ4n) is 8.30. The molecule has 0 amide bonds. The van der Waals surface area contributed by atoms with E-state index < -0.39 is 0 Å². The summed E-state index contributed by atoms with van der Waals surface area (Å²) >= 11 is 0. The highest BCUT2D eigenvalue weighted by Crippen LogP contribution is 2.46. The molecule has 0 radical (unpaired) electrons. The van der Waals surface area contributed by atoms with Gasteiger partial charge in [0.1, 0.15) is 0 Å². The van der Waals surface area contributed by atoms with E-state index in [0.29, 0.717) is 0 Å². The first-order valence-corrected chi connectivity index (χ1v) is 19.6. The van der Waals surface area contributed by atoms with Crippen molar-refractivity contribution in [1.82, 2.24) is 0 Å².